The molecule has 6 rings (SSSR count). The standard InChI is InChI=1S/C37H45N3O8/c1-2-44-34(42)23-39-36(43)38-22-27-5-3-6-29(19-27)30-7-4-8-31(20-30)35-47-32(21-33(48-35)28-11-9-26(25-41)10-12-28)24-40-15-13-37(14-16-40)45-17-18-46-37/h3-12,19-20,32-33,35,41H,2,13-18,21-25H2,1H3,(H2,38,39,43). The lowest BCUT2D eigenvalue weighted by molar-refractivity contribution is -0.255. The van der Waals surface area contributed by atoms with Crippen molar-refractivity contribution in [3.63, 3.8) is 0 Å². The van der Waals surface area contributed by atoms with Crippen LogP contribution in [0, 0.1) is 0 Å². The van der Waals surface area contributed by atoms with E-state index in [4.69, 9.17) is 23.7 Å². The van der Waals surface area contributed by atoms with E-state index in [1.54, 1.807) is 6.92 Å². The van der Waals surface area contributed by atoms with E-state index in [9.17, 15) is 14.7 Å². The van der Waals surface area contributed by atoms with E-state index in [2.05, 4.69) is 21.6 Å². The van der Waals surface area contributed by atoms with E-state index in [1.165, 1.54) is 0 Å². The second kappa shape index (κ2) is 16.0. The zero-order chi connectivity index (χ0) is 33.3. The molecule has 3 aromatic rings. The summed E-state index contributed by atoms with van der Waals surface area (Å²) in [5, 5.41) is 14.9. The van der Waals surface area contributed by atoms with Gasteiger partial charge in [0.25, 0.3) is 0 Å². The number of rotatable bonds is 11. The SMILES string of the molecule is CCOC(=O)CNC(=O)NCc1cccc(-c2cccc(C3OC(CN4CCC5(CC4)OCCO5)CC(c4ccc(CO)cc4)O3)c2)c1. The Labute approximate surface area is 281 Å². The predicted molar refractivity (Wildman–Crippen MR) is 177 cm³/mol. The molecule has 48 heavy (non-hydrogen) atoms. The summed E-state index contributed by atoms with van der Waals surface area (Å²) in [7, 11) is 0. The highest BCUT2D eigenvalue weighted by atomic mass is 16.7. The van der Waals surface area contributed by atoms with Gasteiger partial charge in [0.2, 0.25) is 0 Å². The number of likely N-dealkylation sites (tertiary alicyclic amines) is 1. The molecule has 0 aliphatic carbocycles. The molecule has 2 amide bonds. The molecule has 3 fully saturated rings. The van der Waals surface area contributed by atoms with Crippen molar-refractivity contribution in [3.05, 3.63) is 95.1 Å². The molecule has 3 unspecified atom stereocenters. The van der Waals surface area contributed by atoms with Crippen LogP contribution in [-0.2, 0) is 41.6 Å². The van der Waals surface area contributed by atoms with Crippen molar-refractivity contribution in [2.45, 2.75) is 63.6 Å². The van der Waals surface area contributed by atoms with Gasteiger partial charge in [-0.1, -0.05) is 60.7 Å². The highest BCUT2D eigenvalue weighted by Gasteiger charge is 2.41. The molecular weight excluding hydrogens is 614 g/mol. The van der Waals surface area contributed by atoms with Crippen LogP contribution in [0.25, 0.3) is 11.1 Å². The Morgan fingerprint density at radius 3 is 2.35 bits per heavy atom. The molecule has 3 atom stereocenters. The molecule has 11 nitrogen and oxygen atoms in total. The summed E-state index contributed by atoms with van der Waals surface area (Å²) in [6, 6.07) is 23.6. The Hall–Kier alpha value is -3.84. The van der Waals surface area contributed by atoms with Crippen molar-refractivity contribution in [1.82, 2.24) is 15.5 Å². The second-order valence-electron chi connectivity index (χ2n) is 12.4. The lowest BCUT2D eigenvalue weighted by Crippen LogP contribution is -2.48. The molecule has 3 heterocycles. The van der Waals surface area contributed by atoms with Gasteiger partial charge in [-0.3, -0.25) is 4.79 Å². The number of aliphatic hydroxyl groups excluding tert-OH is 1. The molecule has 3 saturated heterocycles. The molecule has 3 aliphatic rings. The molecule has 0 bridgehead atoms. The van der Waals surface area contributed by atoms with Gasteiger partial charge >= 0.3 is 12.0 Å². The van der Waals surface area contributed by atoms with E-state index in [1.807, 2.05) is 66.7 Å². The third-order valence-corrected chi connectivity index (χ3v) is 9.08. The summed E-state index contributed by atoms with van der Waals surface area (Å²) >= 11 is 0. The highest BCUT2D eigenvalue weighted by Crippen LogP contribution is 2.40. The fourth-order valence-corrected chi connectivity index (χ4v) is 6.52. The van der Waals surface area contributed by atoms with Crippen LogP contribution in [0.3, 0.4) is 0 Å². The van der Waals surface area contributed by atoms with E-state index in [-0.39, 0.29) is 32.0 Å². The first-order valence-electron chi connectivity index (χ1n) is 16.8. The van der Waals surface area contributed by atoms with Crippen LogP contribution in [0.2, 0.25) is 0 Å². The Bertz CT molecular complexity index is 1520. The number of hydrogen-bond donors (Lipinski definition) is 3. The molecule has 3 N–H and O–H groups in total. The molecule has 0 aromatic heterocycles. The van der Waals surface area contributed by atoms with E-state index in [0.29, 0.717) is 26.2 Å². The highest BCUT2D eigenvalue weighted by molar-refractivity contribution is 5.80. The predicted octanol–water partition coefficient (Wildman–Crippen LogP) is 4.59. The minimum Gasteiger partial charge on any atom is -0.465 e. The molecule has 3 aliphatic heterocycles. The van der Waals surface area contributed by atoms with E-state index in [0.717, 1.165) is 65.9 Å². The van der Waals surface area contributed by atoms with Crippen LogP contribution in [0.1, 0.15) is 60.8 Å². The zero-order valence-electron chi connectivity index (χ0n) is 27.4. The first-order valence-corrected chi connectivity index (χ1v) is 16.8. The number of nitrogens with zero attached hydrogens (tertiary/aromatic N) is 1. The quantitative estimate of drug-likeness (QED) is 0.253. The number of piperidine rings is 1. The number of amides is 2. The summed E-state index contributed by atoms with van der Waals surface area (Å²) in [6.45, 7) is 5.97. The van der Waals surface area contributed by atoms with E-state index < -0.39 is 24.1 Å². The summed E-state index contributed by atoms with van der Waals surface area (Å²) in [5.41, 5.74) is 5.74. The van der Waals surface area contributed by atoms with Crippen molar-refractivity contribution in [3.8, 4) is 11.1 Å². The number of carbonyl (C=O) groups excluding carboxylic acids is 2. The van der Waals surface area contributed by atoms with Crippen molar-refractivity contribution >= 4 is 12.0 Å². The van der Waals surface area contributed by atoms with Gasteiger partial charge in [0.1, 0.15) is 6.54 Å². The average Bonchev–Trinajstić information content (AvgIpc) is 3.59. The fraction of sp³-hybridized carbons (Fsp3) is 0.459. The third kappa shape index (κ3) is 8.79. The van der Waals surface area contributed by atoms with Crippen molar-refractivity contribution < 1.29 is 38.4 Å². The maximum atomic E-state index is 12.2. The number of carbonyl (C=O) groups is 2. The summed E-state index contributed by atoms with van der Waals surface area (Å²) in [6.07, 6.45) is 1.61. The van der Waals surface area contributed by atoms with Crippen molar-refractivity contribution in [2.24, 2.45) is 0 Å². The Morgan fingerprint density at radius 1 is 0.896 bits per heavy atom. The summed E-state index contributed by atoms with van der Waals surface area (Å²) < 4.78 is 30.0. The first-order chi connectivity index (χ1) is 23.4. The van der Waals surface area contributed by atoms with Gasteiger partial charge < -0.3 is 44.3 Å². The third-order valence-electron chi connectivity index (χ3n) is 9.08. The number of benzene rings is 3. The normalized spacial score (nSPS) is 22.3. The Balaban J connectivity index is 1.14. The number of nitrogens with one attached hydrogen (secondary N) is 2. The number of aliphatic hydroxyl groups is 1. The summed E-state index contributed by atoms with van der Waals surface area (Å²) in [4.78, 5) is 26.2. The first kappa shape index (κ1) is 34.0. The minimum atomic E-state index is -0.572. The monoisotopic (exact) mass is 659 g/mol. The fourth-order valence-electron chi connectivity index (χ4n) is 6.52. The van der Waals surface area contributed by atoms with Gasteiger partial charge in [-0.25, -0.2) is 4.79 Å². The molecule has 11 heteroatoms. The van der Waals surface area contributed by atoms with Crippen LogP contribution < -0.4 is 10.6 Å². The minimum absolute atomic E-state index is 0.00319. The van der Waals surface area contributed by atoms with Crippen LogP contribution in [0.4, 0.5) is 4.79 Å². The maximum absolute atomic E-state index is 12.2. The van der Waals surface area contributed by atoms with Crippen molar-refractivity contribution in [2.75, 3.05) is 46.0 Å². The number of ether oxygens (including phenoxy) is 5. The van der Waals surface area contributed by atoms with Gasteiger partial charge in [0.15, 0.2) is 12.1 Å². The largest absolute Gasteiger partial charge is 0.465 e. The number of urea groups is 1. The molecule has 0 saturated carbocycles. The van der Waals surface area contributed by atoms with Crippen molar-refractivity contribution in [1.29, 1.82) is 0 Å². The number of hydrogen-bond acceptors (Lipinski definition) is 9. The molecule has 1 spiro atoms. The van der Waals surface area contributed by atoms with Gasteiger partial charge in [-0.05, 0) is 46.9 Å². The van der Waals surface area contributed by atoms with Gasteiger partial charge in [0, 0.05) is 51.0 Å². The van der Waals surface area contributed by atoms with Gasteiger partial charge in [0.05, 0.1) is 38.6 Å². The van der Waals surface area contributed by atoms with Gasteiger partial charge in [-0.2, -0.15) is 0 Å². The topological polar surface area (TPSA) is 128 Å². The molecular formula is C37H45N3O8. The maximum Gasteiger partial charge on any atom is 0.325 e. The Morgan fingerprint density at radius 2 is 1.62 bits per heavy atom. The van der Waals surface area contributed by atoms with Crippen LogP contribution in [0.15, 0.2) is 72.8 Å². The van der Waals surface area contributed by atoms with E-state index >= 15 is 0 Å². The zero-order valence-corrected chi connectivity index (χ0v) is 27.4. The molecule has 0 radical (unpaired) electrons. The van der Waals surface area contributed by atoms with Crippen LogP contribution >= 0.6 is 0 Å². The lowest BCUT2D eigenvalue weighted by atomic mass is 9.97. The molecule has 3 aromatic carbocycles. The number of esters is 1. The lowest BCUT2D eigenvalue weighted by Gasteiger charge is -2.41. The summed E-state index contributed by atoms with van der Waals surface area (Å²) in [5.74, 6) is -0.900. The average molecular weight is 660 g/mol. The van der Waals surface area contributed by atoms with Gasteiger partial charge in [-0.15, -0.1) is 0 Å². The van der Waals surface area contributed by atoms with Crippen LogP contribution in [-0.4, -0.2) is 79.9 Å². The van der Waals surface area contributed by atoms with Crippen LogP contribution in [0.5, 0.6) is 0 Å². The smallest absolute Gasteiger partial charge is 0.325 e. The molecule has 256 valence electrons. The second-order valence-corrected chi connectivity index (χ2v) is 12.4. The Kier molecular flexibility index (Phi) is 11.4.